The van der Waals surface area contributed by atoms with E-state index >= 15 is 0 Å². The van der Waals surface area contributed by atoms with Crippen molar-refractivity contribution in [2.24, 2.45) is 5.92 Å². The standard InChI is InChI=1S/C17H29N3/c1-10-8-14(10)16-19-12(3)15(13(4)20-16)11(2)9-18-17(5,6)7/h10-11,14,18H,8-9H2,1-7H3. The minimum absolute atomic E-state index is 0.153. The number of rotatable bonds is 4. The summed E-state index contributed by atoms with van der Waals surface area (Å²) in [6.45, 7) is 16.4. The van der Waals surface area contributed by atoms with Gasteiger partial charge in [-0.1, -0.05) is 13.8 Å². The molecular weight excluding hydrogens is 246 g/mol. The zero-order valence-electron chi connectivity index (χ0n) is 14.0. The van der Waals surface area contributed by atoms with Crippen molar-refractivity contribution >= 4 is 0 Å². The van der Waals surface area contributed by atoms with Crippen LogP contribution in [0.4, 0.5) is 0 Å². The second-order valence-corrected chi connectivity index (χ2v) is 7.52. The monoisotopic (exact) mass is 275 g/mol. The largest absolute Gasteiger partial charge is 0.311 e. The first-order chi connectivity index (χ1) is 9.19. The molecule has 0 bridgehead atoms. The summed E-state index contributed by atoms with van der Waals surface area (Å²) in [4.78, 5) is 9.55. The lowest BCUT2D eigenvalue weighted by atomic mass is 9.96. The van der Waals surface area contributed by atoms with Gasteiger partial charge in [-0.2, -0.15) is 0 Å². The predicted molar refractivity (Wildman–Crippen MR) is 84.2 cm³/mol. The number of hydrogen-bond donors (Lipinski definition) is 1. The molecule has 3 unspecified atom stereocenters. The van der Waals surface area contributed by atoms with Gasteiger partial charge in [-0.05, 0) is 58.4 Å². The van der Waals surface area contributed by atoms with Crippen molar-refractivity contribution < 1.29 is 0 Å². The van der Waals surface area contributed by atoms with E-state index in [2.05, 4.69) is 53.8 Å². The molecule has 3 heteroatoms. The third-order valence-corrected chi connectivity index (χ3v) is 4.22. The first-order valence-corrected chi connectivity index (χ1v) is 7.79. The van der Waals surface area contributed by atoms with E-state index in [4.69, 9.17) is 9.97 Å². The first-order valence-electron chi connectivity index (χ1n) is 7.79. The Balaban J connectivity index is 2.15. The van der Waals surface area contributed by atoms with Gasteiger partial charge in [0.2, 0.25) is 0 Å². The Labute approximate surface area is 123 Å². The average Bonchev–Trinajstić information content (AvgIpc) is 3.02. The van der Waals surface area contributed by atoms with Gasteiger partial charge in [0.1, 0.15) is 5.82 Å². The van der Waals surface area contributed by atoms with Crippen LogP contribution in [0.25, 0.3) is 0 Å². The van der Waals surface area contributed by atoms with Gasteiger partial charge in [0.05, 0.1) is 0 Å². The van der Waals surface area contributed by atoms with E-state index in [0.29, 0.717) is 11.8 Å². The molecule has 112 valence electrons. The Hall–Kier alpha value is -0.960. The Morgan fingerprint density at radius 2 is 1.70 bits per heavy atom. The van der Waals surface area contributed by atoms with Crippen molar-refractivity contribution in [1.82, 2.24) is 15.3 Å². The fraction of sp³-hybridized carbons (Fsp3) is 0.765. The molecule has 1 fully saturated rings. The van der Waals surface area contributed by atoms with Crippen molar-refractivity contribution in [2.75, 3.05) is 6.54 Å². The van der Waals surface area contributed by atoms with E-state index < -0.39 is 0 Å². The van der Waals surface area contributed by atoms with Gasteiger partial charge < -0.3 is 5.32 Å². The van der Waals surface area contributed by atoms with Gasteiger partial charge in [0.25, 0.3) is 0 Å². The SMILES string of the molecule is Cc1nc(C2CC2C)nc(C)c1C(C)CNC(C)(C)C. The molecule has 1 N–H and O–H groups in total. The second kappa shape index (κ2) is 5.44. The number of hydrogen-bond acceptors (Lipinski definition) is 3. The van der Waals surface area contributed by atoms with Gasteiger partial charge in [-0.15, -0.1) is 0 Å². The maximum absolute atomic E-state index is 4.77. The van der Waals surface area contributed by atoms with E-state index in [1.54, 1.807) is 0 Å². The van der Waals surface area contributed by atoms with E-state index in [0.717, 1.165) is 29.7 Å². The van der Waals surface area contributed by atoms with Crippen LogP contribution in [0.2, 0.25) is 0 Å². The molecule has 20 heavy (non-hydrogen) atoms. The van der Waals surface area contributed by atoms with Crippen LogP contribution in [0.15, 0.2) is 0 Å². The minimum Gasteiger partial charge on any atom is -0.311 e. The third-order valence-electron chi connectivity index (χ3n) is 4.22. The van der Waals surface area contributed by atoms with E-state index in [1.807, 2.05) is 0 Å². The van der Waals surface area contributed by atoms with Crippen LogP contribution in [-0.4, -0.2) is 22.1 Å². The molecule has 1 aliphatic rings. The number of aromatic nitrogens is 2. The molecule has 0 aliphatic heterocycles. The lowest BCUT2D eigenvalue weighted by Gasteiger charge is -2.25. The number of aryl methyl sites for hydroxylation is 2. The topological polar surface area (TPSA) is 37.8 Å². The molecule has 1 aliphatic carbocycles. The molecule has 0 aromatic carbocycles. The highest BCUT2D eigenvalue weighted by molar-refractivity contribution is 5.30. The fourth-order valence-corrected chi connectivity index (χ4v) is 2.87. The summed E-state index contributed by atoms with van der Waals surface area (Å²) >= 11 is 0. The highest BCUT2D eigenvalue weighted by atomic mass is 15.0. The smallest absolute Gasteiger partial charge is 0.132 e. The van der Waals surface area contributed by atoms with Crippen LogP contribution in [0.3, 0.4) is 0 Å². The molecule has 0 spiro atoms. The summed E-state index contributed by atoms with van der Waals surface area (Å²) in [6.07, 6.45) is 1.25. The van der Waals surface area contributed by atoms with Crippen molar-refractivity contribution in [2.45, 2.75) is 72.3 Å². The van der Waals surface area contributed by atoms with Crippen LogP contribution in [0.1, 0.15) is 75.7 Å². The molecule has 0 amide bonds. The summed E-state index contributed by atoms with van der Waals surface area (Å²) < 4.78 is 0. The second-order valence-electron chi connectivity index (χ2n) is 7.52. The molecule has 1 aromatic rings. The third kappa shape index (κ3) is 3.57. The quantitative estimate of drug-likeness (QED) is 0.910. The number of nitrogens with zero attached hydrogens (tertiary/aromatic N) is 2. The molecule has 1 heterocycles. The van der Waals surface area contributed by atoms with E-state index in [-0.39, 0.29) is 5.54 Å². The summed E-state index contributed by atoms with van der Waals surface area (Å²) in [6, 6.07) is 0. The van der Waals surface area contributed by atoms with Crippen LogP contribution < -0.4 is 5.32 Å². The maximum Gasteiger partial charge on any atom is 0.132 e. The van der Waals surface area contributed by atoms with E-state index in [9.17, 15) is 0 Å². The van der Waals surface area contributed by atoms with Crippen molar-refractivity contribution in [1.29, 1.82) is 0 Å². The molecule has 1 saturated carbocycles. The van der Waals surface area contributed by atoms with Crippen LogP contribution in [-0.2, 0) is 0 Å². The summed E-state index contributed by atoms with van der Waals surface area (Å²) in [5.41, 5.74) is 3.80. The summed E-state index contributed by atoms with van der Waals surface area (Å²) in [5.74, 6) is 2.87. The maximum atomic E-state index is 4.77. The molecular formula is C17H29N3. The molecule has 2 rings (SSSR count). The normalized spacial score (nSPS) is 23.8. The van der Waals surface area contributed by atoms with Gasteiger partial charge in [-0.3, -0.25) is 0 Å². The Morgan fingerprint density at radius 1 is 1.20 bits per heavy atom. The fourth-order valence-electron chi connectivity index (χ4n) is 2.87. The van der Waals surface area contributed by atoms with Crippen LogP contribution in [0, 0.1) is 19.8 Å². The molecule has 1 aromatic heterocycles. The summed E-state index contributed by atoms with van der Waals surface area (Å²) in [5, 5.41) is 3.58. The Kier molecular flexibility index (Phi) is 4.19. The van der Waals surface area contributed by atoms with Crippen molar-refractivity contribution in [3.05, 3.63) is 22.8 Å². The van der Waals surface area contributed by atoms with E-state index in [1.165, 1.54) is 12.0 Å². The van der Waals surface area contributed by atoms with Crippen LogP contribution >= 0.6 is 0 Å². The van der Waals surface area contributed by atoms with Crippen molar-refractivity contribution in [3.63, 3.8) is 0 Å². The minimum atomic E-state index is 0.153. The molecule has 0 radical (unpaired) electrons. The van der Waals surface area contributed by atoms with Gasteiger partial charge in [0, 0.05) is 29.4 Å². The zero-order valence-corrected chi connectivity index (χ0v) is 14.0. The Bertz CT molecular complexity index is 464. The van der Waals surface area contributed by atoms with Crippen molar-refractivity contribution in [3.8, 4) is 0 Å². The average molecular weight is 275 g/mol. The van der Waals surface area contributed by atoms with Gasteiger partial charge in [0.15, 0.2) is 0 Å². The Morgan fingerprint density at radius 3 is 2.10 bits per heavy atom. The lowest BCUT2D eigenvalue weighted by molar-refractivity contribution is 0.411. The lowest BCUT2D eigenvalue weighted by Crippen LogP contribution is -2.38. The highest BCUT2D eigenvalue weighted by Crippen LogP contribution is 2.45. The number of nitrogens with one attached hydrogen (secondary N) is 1. The predicted octanol–water partition coefficient (Wildman–Crippen LogP) is 3.71. The zero-order chi connectivity index (χ0) is 15.1. The first kappa shape index (κ1) is 15.4. The molecule has 0 saturated heterocycles. The van der Waals surface area contributed by atoms with Crippen LogP contribution in [0.5, 0.6) is 0 Å². The molecule has 3 nitrogen and oxygen atoms in total. The summed E-state index contributed by atoms with van der Waals surface area (Å²) in [7, 11) is 0. The van der Waals surface area contributed by atoms with Gasteiger partial charge in [-0.25, -0.2) is 9.97 Å². The molecule has 3 atom stereocenters. The van der Waals surface area contributed by atoms with Gasteiger partial charge >= 0.3 is 0 Å². The highest BCUT2D eigenvalue weighted by Gasteiger charge is 2.37.